The van der Waals surface area contributed by atoms with Gasteiger partial charge < -0.3 is 5.32 Å². The van der Waals surface area contributed by atoms with Crippen molar-refractivity contribution in [3.05, 3.63) is 65.7 Å². The smallest absolute Gasteiger partial charge is 0.240 e. The fourth-order valence-electron chi connectivity index (χ4n) is 2.34. The molecule has 0 aromatic heterocycles. The molecule has 0 unspecified atom stereocenters. The Morgan fingerprint density at radius 3 is 2.20 bits per heavy atom. The van der Waals surface area contributed by atoms with Gasteiger partial charge >= 0.3 is 0 Å². The van der Waals surface area contributed by atoms with Crippen molar-refractivity contribution in [3.63, 3.8) is 0 Å². The van der Waals surface area contributed by atoms with E-state index in [1.807, 2.05) is 44.2 Å². The summed E-state index contributed by atoms with van der Waals surface area (Å²) in [6.45, 7) is 4.08. The summed E-state index contributed by atoms with van der Waals surface area (Å²) in [5, 5.41) is 2.84. The van der Waals surface area contributed by atoms with Gasteiger partial charge in [-0.3, -0.25) is 4.79 Å². The highest BCUT2D eigenvalue weighted by atomic mass is 32.2. The summed E-state index contributed by atoms with van der Waals surface area (Å²) in [7, 11) is -3.55. The zero-order valence-electron chi connectivity index (χ0n) is 14.5. The van der Waals surface area contributed by atoms with E-state index >= 15 is 0 Å². The van der Waals surface area contributed by atoms with Crippen LogP contribution in [0.15, 0.2) is 59.5 Å². The van der Waals surface area contributed by atoms with Crippen LogP contribution in [-0.4, -0.2) is 20.4 Å². The monoisotopic (exact) mass is 360 g/mol. The predicted octanol–water partition coefficient (Wildman–Crippen LogP) is 2.62. The Labute approximate surface area is 149 Å². The van der Waals surface area contributed by atoms with Crippen LogP contribution in [0.2, 0.25) is 0 Å². The number of rotatable bonds is 8. The van der Waals surface area contributed by atoms with Crippen LogP contribution >= 0.6 is 0 Å². The van der Waals surface area contributed by atoms with Gasteiger partial charge in [-0.2, -0.15) is 0 Å². The minimum absolute atomic E-state index is 0.00349. The molecular formula is C19H24N2O3S. The van der Waals surface area contributed by atoms with Crippen molar-refractivity contribution in [2.75, 3.05) is 0 Å². The summed E-state index contributed by atoms with van der Waals surface area (Å²) in [4.78, 5) is 11.9. The molecule has 0 radical (unpaired) electrons. The van der Waals surface area contributed by atoms with E-state index in [4.69, 9.17) is 0 Å². The summed E-state index contributed by atoms with van der Waals surface area (Å²) >= 11 is 0. The van der Waals surface area contributed by atoms with E-state index in [-0.39, 0.29) is 23.4 Å². The topological polar surface area (TPSA) is 75.3 Å². The SMILES string of the molecule is CC(C)NC(=O)CCc1ccc(S(=O)(=O)NCc2ccccc2)cc1. The van der Waals surface area contributed by atoms with Crippen molar-refractivity contribution < 1.29 is 13.2 Å². The molecule has 2 aromatic rings. The number of aryl methyl sites for hydroxylation is 1. The summed E-state index contributed by atoms with van der Waals surface area (Å²) in [6.07, 6.45) is 0.965. The Kier molecular flexibility index (Phi) is 6.73. The normalized spacial score (nSPS) is 11.5. The second-order valence-electron chi connectivity index (χ2n) is 6.18. The van der Waals surface area contributed by atoms with Gasteiger partial charge in [-0.1, -0.05) is 42.5 Å². The molecule has 0 heterocycles. The summed E-state index contributed by atoms with van der Waals surface area (Å²) in [6, 6.07) is 16.1. The molecular weight excluding hydrogens is 336 g/mol. The Balaban J connectivity index is 1.92. The predicted molar refractivity (Wildman–Crippen MR) is 98.5 cm³/mol. The highest BCUT2D eigenvalue weighted by Crippen LogP contribution is 2.12. The lowest BCUT2D eigenvalue weighted by Crippen LogP contribution is -2.30. The highest BCUT2D eigenvalue weighted by molar-refractivity contribution is 7.89. The Morgan fingerprint density at radius 1 is 0.960 bits per heavy atom. The lowest BCUT2D eigenvalue weighted by atomic mass is 10.1. The second kappa shape index (κ2) is 8.78. The third-order valence-corrected chi connectivity index (χ3v) is 5.05. The molecule has 2 aromatic carbocycles. The minimum atomic E-state index is -3.55. The number of carbonyl (C=O) groups is 1. The molecule has 6 heteroatoms. The Hall–Kier alpha value is -2.18. The van der Waals surface area contributed by atoms with Gasteiger partial charge in [0.15, 0.2) is 0 Å². The van der Waals surface area contributed by atoms with E-state index in [1.54, 1.807) is 24.3 Å². The standard InChI is InChI=1S/C19H24N2O3S/c1-15(2)21-19(22)13-10-16-8-11-18(12-9-16)25(23,24)20-14-17-6-4-3-5-7-17/h3-9,11-12,15,20H,10,13-14H2,1-2H3,(H,21,22). The maximum atomic E-state index is 12.3. The van der Waals surface area contributed by atoms with Gasteiger partial charge in [0.05, 0.1) is 4.90 Å². The maximum Gasteiger partial charge on any atom is 0.240 e. The van der Waals surface area contributed by atoms with E-state index in [2.05, 4.69) is 10.0 Å². The molecule has 5 nitrogen and oxygen atoms in total. The number of carbonyl (C=O) groups excluding carboxylic acids is 1. The van der Waals surface area contributed by atoms with Crippen molar-refractivity contribution in [2.45, 2.75) is 44.2 Å². The third-order valence-electron chi connectivity index (χ3n) is 3.63. The number of benzene rings is 2. The molecule has 0 aliphatic carbocycles. The molecule has 0 aliphatic rings. The van der Waals surface area contributed by atoms with Crippen molar-refractivity contribution in [3.8, 4) is 0 Å². The van der Waals surface area contributed by atoms with Gasteiger partial charge in [0, 0.05) is 19.0 Å². The first-order valence-corrected chi connectivity index (χ1v) is 9.77. The van der Waals surface area contributed by atoms with Crippen LogP contribution in [-0.2, 0) is 27.8 Å². The van der Waals surface area contributed by atoms with Gasteiger partial charge in [-0.05, 0) is 43.5 Å². The molecule has 0 atom stereocenters. The summed E-state index contributed by atoms with van der Waals surface area (Å²) < 4.78 is 27.2. The summed E-state index contributed by atoms with van der Waals surface area (Å²) in [5.74, 6) is -0.00349. The first kappa shape index (κ1) is 19.1. The second-order valence-corrected chi connectivity index (χ2v) is 7.94. The maximum absolute atomic E-state index is 12.3. The van der Waals surface area contributed by atoms with E-state index in [0.29, 0.717) is 12.8 Å². The van der Waals surface area contributed by atoms with Gasteiger partial charge in [-0.25, -0.2) is 13.1 Å². The molecule has 0 fully saturated rings. The molecule has 2 N–H and O–H groups in total. The first-order chi connectivity index (χ1) is 11.9. The molecule has 0 saturated carbocycles. The number of hydrogen-bond acceptors (Lipinski definition) is 3. The van der Waals surface area contributed by atoms with E-state index in [1.165, 1.54) is 0 Å². The van der Waals surface area contributed by atoms with Crippen molar-refractivity contribution in [1.82, 2.24) is 10.0 Å². The van der Waals surface area contributed by atoms with Crippen LogP contribution in [0.5, 0.6) is 0 Å². The molecule has 0 saturated heterocycles. The molecule has 2 rings (SSSR count). The molecule has 1 amide bonds. The summed E-state index contributed by atoms with van der Waals surface area (Å²) in [5.41, 5.74) is 1.83. The molecule has 0 spiro atoms. The Morgan fingerprint density at radius 2 is 1.60 bits per heavy atom. The number of amides is 1. The molecule has 134 valence electrons. The van der Waals surface area contributed by atoms with Gasteiger partial charge in [-0.15, -0.1) is 0 Å². The quantitative estimate of drug-likeness (QED) is 0.760. The van der Waals surface area contributed by atoms with Crippen LogP contribution in [0.3, 0.4) is 0 Å². The van der Waals surface area contributed by atoms with E-state index in [9.17, 15) is 13.2 Å². The average Bonchev–Trinajstić information content (AvgIpc) is 2.59. The highest BCUT2D eigenvalue weighted by Gasteiger charge is 2.13. The zero-order valence-corrected chi connectivity index (χ0v) is 15.3. The molecule has 25 heavy (non-hydrogen) atoms. The van der Waals surface area contributed by atoms with Crippen molar-refractivity contribution in [1.29, 1.82) is 0 Å². The number of sulfonamides is 1. The lowest BCUT2D eigenvalue weighted by Gasteiger charge is -2.09. The van der Waals surface area contributed by atoms with Crippen molar-refractivity contribution in [2.24, 2.45) is 0 Å². The van der Waals surface area contributed by atoms with Crippen LogP contribution in [0, 0.1) is 0 Å². The van der Waals surface area contributed by atoms with E-state index in [0.717, 1.165) is 11.1 Å². The number of hydrogen-bond donors (Lipinski definition) is 2. The van der Waals surface area contributed by atoms with Crippen molar-refractivity contribution >= 4 is 15.9 Å². The largest absolute Gasteiger partial charge is 0.354 e. The third kappa shape index (κ3) is 6.32. The first-order valence-electron chi connectivity index (χ1n) is 8.29. The minimum Gasteiger partial charge on any atom is -0.354 e. The fourth-order valence-corrected chi connectivity index (χ4v) is 3.36. The van der Waals surface area contributed by atoms with Crippen LogP contribution in [0.4, 0.5) is 0 Å². The van der Waals surface area contributed by atoms with Crippen LogP contribution in [0.1, 0.15) is 31.4 Å². The number of nitrogens with one attached hydrogen (secondary N) is 2. The molecule has 0 bridgehead atoms. The average molecular weight is 360 g/mol. The lowest BCUT2D eigenvalue weighted by molar-refractivity contribution is -0.121. The van der Waals surface area contributed by atoms with Gasteiger partial charge in [0.1, 0.15) is 0 Å². The Bertz CT molecular complexity index is 785. The zero-order chi connectivity index (χ0) is 18.3. The molecule has 0 aliphatic heterocycles. The van der Waals surface area contributed by atoms with Crippen LogP contribution < -0.4 is 10.0 Å². The fraction of sp³-hybridized carbons (Fsp3) is 0.316. The van der Waals surface area contributed by atoms with Gasteiger partial charge in [0.25, 0.3) is 0 Å². The van der Waals surface area contributed by atoms with Crippen LogP contribution in [0.25, 0.3) is 0 Å². The van der Waals surface area contributed by atoms with E-state index < -0.39 is 10.0 Å². The van der Waals surface area contributed by atoms with Gasteiger partial charge in [0.2, 0.25) is 15.9 Å².